The van der Waals surface area contributed by atoms with Gasteiger partial charge < -0.3 is 16.2 Å². The minimum absolute atomic E-state index is 0.0117. The van der Waals surface area contributed by atoms with Gasteiger partial charge in [-0.3, -0.25) is 9.59 Å². The molecule has 18 heavy (non-hydrogen) atoms. The van der Waals surface area contributed by atoms with E-state index >= 15 is 0 Å². The zero-order valence-corrected chi connectivity index (χ0v) is 11.7. The number of carbonyl (C=O) groups excluding carboxylic acids is 1. The lowest BCUT2D eigenvalue weighted by Crippen LogP contribution is -2.33. The summed E-state index contributed by atoms with van der Waals surface area (Å²) in [5, 5.41) is 11.9. The molecule has 0 unspecified atom stereocenters. The first-order valence-corrected chi connectivity index (χ1v) is 6.10. The van der Waals surface area contributed by atoms with E-state index in [-0.39, 0.29) is 6.42 Å². The number of carboxylic acid groups (broad SMARTS) is 1. The highest BCUT2D eigenvalue weighted by Crippen LogP contribution is 2.24. The molecular formula is C12H15BrN2O3. The van der Waals surface area contributed by atoms with Gasteiger partial charge in [-0.25, -0.2) is 0 Å². The standard InChI is InChI=1S/C12H15BrN2O3/c1-12(2,6-10(16)17)15-7-3-4-8(11(14)18)9(13)5-7/h3-5,15H,6H2,1-2H3,(H2,14,18)(H,16,17). The predicted octanol–water partition coefficient (Wildman–Crippen LogP) is 2.21. The smallest absolute Gasteiger partial charge is 0.305 e. The van der Waals surface area contributed by atoms with Crippen LogP contribution in [0.5, 0.6) is 0 Å². The summed E-state index contributed by atoms with van der Waals surface area (Å²) >= 11 is 3.25. The van der Waals surface area contributed by atoms with Crippen molar-refractivity contribution in [3.8, 4) is 0 Å². The lowest BCUT2D eigenvalue weighted by molar-refractivity contribution is -0.137. The highest BCUT2D eigenvalue weighted by atomic mass is 79.9. The molecule has 1 aromatic rings. The first-order valence-electron chi connectivity index (χ1n) is 5.30. The van der Waals surface area contributed by atoms with Crippen LogP contribution in [0.3, 0.4) is 0 Å². The van der Waals surface area contributed by atoms with Crippen molar-refractivity contribution in [3.05, 3.63) is 28.2 Å². The van der Waals surface area contributed by atoms with Crippen LogP contribution in [0.1, 0.15) is 30.6 Å². The molecule has 0 aliphatic carbocycles. The summed E-state index contributed by atoms with van der Waals surface area (Å²) in [6, 6.07) is 4.98. The van der Waals surface area contributed by atoms with Crippen LogP contribution in [0.25, 0.3) is 0 Å². The maximum Gasteiger partial charge on any atom is 0.305 e. The first-order chi connectivity index (χ1) is 8.21. The van der Waals surface area contributed by atoms with Crippen LogP contribution in [0.4, 0.5) is 5.69 Å². The summed E-state index contributed by atoms with van der Waals surface area (Å²) in [6.45, 7) is 3.58. The largest absolute Gasteiger partial charge is 0.481 e. The van der Waals surface area contributed by atoms with E-state index in [0.717, 1.165) is 5.69 Å². The quantitative estimate of drug-likeness (QED) is 0.777. The molecule has 0 atom stereocenters. The normalized spacial score (nSPS) is 11.1. The number of carbonyl (C=O) groups is 2. The van der Waals surface area contributed by atoms with Crippen molar-refractivity contribution in [1.82, 2.24) is 0 Å². The van der Waals surface area contributed by atoms with Crippen molar-refractivity contribution in [2.45, 2.75) is 25.8 Å². The summed E-state index contributed by atoms with van der Waals surface area (Å²) < 4.78 is 0.575. The number of anilines is 1. The molecule has 0 aliphatic rings. The van der Waals surface area contributed by atoms with Gasteiger partial charge in [0.15, 0.2) is 0 Å². The number of hydrogen-bond donors (Lipinski definition) is 3. The number of aliphatic carboxylic acids is 1. The Hall–Kier alpha value is -1.56. The second-order valence-electron chi connectivity index (χ2n) is 4.64. The Morgan fingerprint density at radius 1 is 1.44 bits per heavy atom. The lowest BCUT2D eigenvalue weighted by Gasteiger charge is -2.26. The summed E-state index contributed by atoms with van der Waals surface area (Å²) in [6.07, 6.45) is -0.0117. The molecule has 0 heterocycles. The Morgan fingerprint density at radius 3 is 2.50 bits per heavy atom. The molecule has 0 aliphatic heterocycles. The number of hydrogen-bond acceptors (Lipinski definition) is 3. The topological polar surface area (TPSA) is 92.4 Å². The van der Waals surface area contributed by atoms with E-state index in [1.807, 2.05) is 0 Å². The Kier molecular flexibility index (Phi) is 4.34. The third kappa shape index (κ3) is 4.03. The molecule has 0 aromatic heterocycles. The van der Waals surface area contributed by atoms with Crippen LogP contribution < -0.4 is 11.1 Å². The minimum atomic E-state index is -0.875. The number of carboxylic acids is 1. The highest BCUT2D eigenvalue weighted by Gasteiger charge is 2.21. The lowest BCUT2D eigenvalue weighted by atomic mass is 10.00. The summed E-state index contributed by atoms with van der Waals surface area (Å²) in [7, 11) is 0. The van der Waals surface area contributed by atoms with Gasteiger partial charge in [-0.05, 0) is 48.0 Å². The van der Waals surface area contributed by atoms with E-state index in [4.69, 9.17) is 10.8 Å². The monoisotopic (exact) mass is 314 g/mol. The van der Waals surface area contributed by atoms with E-state index < -0.39 is 17.4 Å². The van der Waals surface area contributed by atoms with Gasteiger partial charge >= 0.3 is 5.97 Å². The maximum atomic E-state index is 11.1. The fraction of sp³-hybridized carbons (Fsp3) is 0.333. The maximum absolute atomic E-state index is 11.1. The number of nitrogens with one attached hydrogen (secondary N) is 1. The Bertz CT molecular complexity index is 486. The van der Waals surface area contributed by atoms with Gasteiger partial charge in [0.25, 0.3) is 0 Å². The SMILES string of the molecule is CC(C)(CC(=O)O)Nc1ccc(C(N)=O)c(Br)c1. The minimum Gasteiger partial charge on any atom is -0.481 e. The number of amides is 1. The third-order valence-corrected chi connectivity index (χ3v) is 2.97. The van der Waals surface area contributed by atoms with E-state index in [1.165, 1.54) is 0 Å². The summed E-state index contributed by atoms with van der Waals surface area (Å²) in [4.78, 5) is 21.8. The molecule has 0 fully saturated rings. The van der Waals surface area contributed by atoms with Crippen LogP contribution in [0.15, 0.2) is 22.7 Å². The number of nitrogens with two attached hydrogens (primary N) is 1. The fourth-order valence-corrected chi connectivity index (χ4v) is 2.18. The van der Waals surface area contributed by atoms with Crippen molar-refractivity contribution in [2.75, 3.05) is 5.32 Å². The Morgan fingerprint density at radius 2 is 2.06 bits per heavy atom. The zero-order valence-electron chi connectivity index (χ0n) is 10.2. The Labute approximate surface area is 113 Å². The van der Waals surface area contributed by atoms with Gasteiger partial charge in [-0.1, -0.05) is 0 Å². The predicted molar refractivity (Wildman–Crippen MR) is 72.6 cm³/mol. The second kappa shape index (κ2) is 5.39. The number of primary amides is 1. The average Bonchev–Trinajstić information content (AvgIpc) is 2.13. The first kappa shape index (κ1) is 14.5. The van der Waals surface area contributed by atoms with Crippen LogP contribution in [-0.4, -0.2) is 22.5 Å². The van der Waals surface area contributed by atoms with E-state index in [1.54, 1.807) is 32.0 Å². The highest BCUT2D eigenvalue weighted by molar-refractivity contribution is 9.10. The number of benzene rings is 1. The third-order valence-electron chi connectivity index (χ3n) is 2.31. The van der Waals surface area contributed by atoms with Gasteiger partial charge in [0.2, 0.25) is 5.91 Å². The number of halogens is 1. The number of rotatable bonds is 5. The van der Waals surface area contributed by atoms with Crippen LogP contribution in [0, 0.1) is 0 Å². The van der Waals surface area contributed by atoms with Crippen molar-refractivity contribution in [2.24, 2.45) is 5.73 Å². The van der Waals surface area contributed by atoms with Gasteiger partial charge in [-0.15, -0.1) is 0 Å². The molecule has 5 nitrogen and oxygen atoms in total. The van der Waals surface area contributed by atoms with Crippen molar-refractivity contribution in [1.29, 1.82) is 0 Å². The molecule has 0 saturated heterocycles. The molecule has 6 heteroatoms. The molecule has 0 spiro atoms. The fourth-order valence-electron chi connectivity index (χ4n) is 1.61. The van der Waals surface area contributed by atoms with Gasteiger partial charge in [0.05, 0.1) is 12.0 Å². The van der Waals surface area contributed by atoms with E-state index in [2.05, 4.69) is 21.2 Å². The molecule has 0 saturated carbocycles. The van der Waals surface area contributed by atoms with E-state index in [0.29, 0.717) is 10.0 Å². The molecule has 1 aromatic carbocycles. The van der Waals surface area contributed by atoms with Gasteiger partial charge in [0.1, 0.15) is 0 Å². The molecule has 0 radical (unpaired) electrons. The van der Waals surface area contributed by atoms with Gasteiger partial charge in [0, 0.05) is 15.7 Å². The molecule has 1 amide bonds. The Balaban J connectivity index is 2.89. The van der Waals surface area contributed by atoms with Crippen LogP contribution in [0.2, 0.25) is 0 Å². The van der Waals surface area contributed by atoms with E-state index in [9.17, 15) is 9.59 Å². The second-order valence-corrected chi connectivity index (χ2v) is 5.49. The summed E-state index contributed by atoms with van der Waals surface area (Å²) in [5.41, 5.74) is 5.71. The van der Waals surface area contributed by atoms with Gasteiger partial charge in [-0.2, -0.15) is 0 Å². The molecular weight excluding hydrogens is 300 g/mol. The van der Waals surface area contributed by atoms with Crippen LogP contribution in [-0.2, 0) is 4.79 Å². The average molecular weight is 315 g/mol. The molecule has 1 rings (SSSR count). The van der Waals surface area contributed by atoms with Crippen molar-refractivity contribution < 1.29 is 14.7 Å². The zero-order chi connectivity index (χ0) is 13.9. The molecule has 0 bridgehead atoms. The van der Waals surface area contributed by atoms with Crippen molar-refractivity contribution >= 4 is 33.5 Å². The van der Waals surface area contributed by atoms with Crippen molar-refractivity contribution in [3.63, 3.8) is 0 Å². The molecule has 4 N–H and O–H groups in total. The van der Waals surface area contributed by atoms with Crippen LogP contribution >= 0.6 is 15.9 Å². The molecule has 98 valence electrons. The summed E-state index contributed by atoms with van der Waals surface area (Å²) in [5.74, 6) is -1.39.